The smallest absolute Gasteiger partial charge is 0.315 e. The lowest BCUT2D eigenvalue weighted by Crippen LogP contribution is -2.25. The van der Waals surface area contributed by atoms with Gasteiger partial charge >= 0.3 is 6.18 Å². The number of hydrogen-bond donors (Lipinski definition) is 1. The van der Waals surface area contributed by atoms with Gasteiger partial charge in [0.1, 0.15) is 0 Å². The Morgan fingerprint density at radius 2 is 2.08 bits per heavy atom. The molecule has 0 amide bonds. The quantitative estimate of drug-likeness (QED) is 0.668. The molecule has 12 heavy (non-hydrogen) atoms. The van der Waals surface area contributed by atoms with Gasteiger partial charge in [-0.25, -0.2) is 0 Å². The molecule has 70 valence electrons. The lowest BCUT2D eigenvalue weighted by Gasteiger charge is -2.07. The van der Waals surface area contributed by atoms with Crippen molar-refractivity contribution in [2.75, 3.05) is 13.1 Å². The van der Waals surface area contributed by atoms with E-state index in [4.69, 9.17) is 5.26 Å². The molecule has 0 saturated heterocycles. The van der Waals surface area contributed by atoms with E-state index in [1.54, 1.807) is 6.92 Å². The molecule has 0 aromatic rings. The number of alkyl halides is 3. The fourth-order valence-corrected chi connectivity index (χ4v) is 0.594. The molecular formula is C7H11F3N2. The minimum absolute atomic E-state index is 0.116. The number of rotatable bonds is 4. The van der Waals surface area contributed by atoms with Gasteiger partial charge in [0, 0.05) is 13.1 Å². The van der Waals surface area contributed by atoms with E-state index in [0.29, 0.717) is 6.54 Å². The molecule has 1 atom stereocenters. The van der Waals surface area contributed by atoms with E-state index in [0.717, 1.165) is 0 Å². The van der Waals surface area contributed by atoms with E-state index in [2.05, 4.69) is 5.32 Å². The Bertz CT molecular complexity index is 159. The van der Waals surface area contributed by atoms with Crippen LogP contribution in [-0.2, 0) is 0 Å². The van der Waals surface area contributed by atoms with Crippen LogP contribution in [0.5, 0.6) is 0 Å². The maximum Gasteiger partial charge on any atom is 0.390 e. The van der Waals surface area contributed by atoms with Gasteiger partial charge in [0.05, 0.1) is 18.4 Å². The molecule has 0 fully saturated rings. The third-order valence-corrected chi connectivity index (χ3v) is 1.26. The Labute approximate surface area is 69.4 Å². The number of halogens is 3. The minimum Gasteiger partial charge on any atom is -0.315 e. The molecule has 0 spiro atoms. The lowest BCUT2D eigenvalue weighted by molar-refractivity contribution is -0.133. The van der Waals surface area contributed by atoms with Gasteiger partial charge < -0.3 is 5.32 Å². The van der Waals surface area contributed by atoms with Gasteiger partial charge in [0.25, 0.3) is 0 Å². The highest BCUT2D eigenvalue weighted by Crippen LogP contribution is 2.17. The zero-order valence-corrected chi connectivity index (χ0v) is 6.78. The first-order chi connectivity index (χ1) is 5.45. The molecule has 1 unspecified atom stereocenters. The molecule has 0 aliphatic carbocycles. The molecule has 0 heterocycles. The largest absolute Gasteiger partial charge is 0.390 e. The van der Waals surface area contributed by atoms with Crippen molar-refractivity contribution in [1.82, 2.24) is 5.32 Å². The van der Waals surface area contributed by atoms with Crippen molar-refractivity contribution in [1.29, 1.82) is 5.26 Å². The lowest BCUT2D eigenvalue weighted by atomic mass is 10.2. The Kier molecular flexibility index (Phi) is 4.67. The second-order valence-corrected chi connectivity index (χ2v) is 2.60. The van der Waals surface area contributed by atoms with Gasteiger partial charge in [-0.05, 0) is 6.92 Å². The SMILES string of the molecule is CC(C#N)CNCCC(F)(F)F. The summed E-state index contributed by atoms with van der Waals surface area (Å²) in [5.74, 6) is -0.238. The highest BCUT2D eigenvalue weighted by atomic mass is 19.4. The monoisotopic (exact) mass is 180 g/mol. The highest BCUT2D eigenvalue weighted by molar-refractivity contribution is 4.79. The maximum absolute atomic E-state index is 11.6. The molecule has 2 nitrogen and oxygen atoms in total. The van der Waals surface area contributed by atoms with E-state index in [1.807, 2.05) is 6.07 Å². The zero-order chi connectivity index (χ0) is 9.61. The summed E-state index contributed by atoms with van der Waals surface area (Å²) >= 11 is 0. The molecule has 0 aliphatic rings. The minimum atomic E-state index is -4.11. The average Bonchev–Trinajstić information content (AvgIpc) is 1.96. The third-order valence-electron chi connectivity index (χ3n) is 1.26. The van der Waals surface area contributed by atoms with Crippen molar-refractivity contribution in [2.45, 2.75) is 19.5 Å². The predicted octanol–water partition coefficient (Wildman–Crippen LogP) is 1.69. The Morgan fingerprint density at radius 3 is 2.50 bits per heavy atom. The van der Waals surface area contributed by atoms with Crippen molar-refractivity contribution in [2.24, 2.45) is 5.92 Å². The summed E-state index contributed by atoms with van der Waals surface area (Å²) < 4.78 is 34.7. The number of hydrogen-bond acceptors (Lipinski definition) is 2. The van der Waals surface area contributed by atoms with E-state index in [-0.39, 0.29) is 12.5 Å². The first-order valence-corrected chi connectivity index (χ1v) is 3.63. The molecule has 0 aromatic carbocycles. The van der Waals surface area contributed by atoms with Crippen LogP contribution in [0.25, 0.3) is 0 Å². The van der Waals surface area contributed by atoms with Gasteiger partial charge in [-0.2, -0.15) is 18.4 Å². The predicted molar refractivity (Wildman–Crippen MR) is 38.3 cm³/mol. The molecule has 0 radical (unpaired) electrons. The summed E-state index contributed by atoms with van der Waals surface area (Å²) in [5, 5.41) is 10.8. The van der Waals surface area contributed by atoms with Crippen molar-refractivity contribution >= 4 is 0 Å². The zero-order valence-electron chi connectivity index (χ0n) is 6.78. The van der Waals surface area contributed by atoms with Crippen LogP contribution in [0.2, 0.25) is 0 Å². The van der Waals surface area contributed by atoms with E-state index < -0.39 is 12.6 Å². The van der Waals surface area contributed by atoms with Crippen molar-refractivity contribution in [3.8, 4) is 6.07 Å². The van der Waals surface area contributed by atoms with Crippen LogP contribution >= 0.6 is 0 Å². The number of nitriles is 1. The fourth-order valence-electron chi connectivity index (χ4n) is 0.594. The molecule has 0 bridgehead atoms. The Hall–Kier alpha value is -0.760. The molecule has 5 heteroatoms. The Balaban J connectivity index is 3.29. The van der Waals surface area contributed by atoms with Crippen LogP contribution in [0, 0.1) is 17.2 Å². The second kappa shape index (κ2) is 4.99. The van der Waals surface area contributed by atoms with Gasteiger partial charge in [-0.1, -0.05) is 0 Å². The van der Waals surface area contributed by atoms with Crippen molar-refractivity contribution in [3.63, 3.8) is 0 Å². The summed E-state index contributed by atoms with van der Waals surface area (Å²) in [6, 6.07) is 1.92. The van der Waals surface area contributed by atoms with Crippen LogP contribution in [0.3, 0.4) is 0 Å². The first kappa shape index (κ1) is 11.2. The molecule has 1 N–H and O–H groups in total. The average molecular weight is 180 g/mol. The third kappa shape index (κ3) is 7.35. The number of nitrogens with zero attached hydrogens (tertiary/aromatic N) is 1. The standard InChI is InChI=1S/C7H11F3N2/c1-6(4-11)5-12-3-2-7(8,9)10/h6,12H,2-3,5H2,1H3. The van der Waals surface area contributed by atoms with Gasteiger partial charge in [0.15, 0.2) is 0 Å². The van der Waals surface area contributed by atoms with Gasteiger partial charge in [-0.15, -0.1) is 0 Å². The summed E-state index contributed by atoms with van der Waals surface area (Å²) in [5.41, 5.74) is 0. The fraction of sp³-hybridized carbons (Fsp3) is 0.857. The van der Waals surface area contributed by atoms with Crippen LogP contribution < -0.4 is 5.32 Å². The molecule has 0 aliphatic heterocycles. The van der Waals surface area contributed by atoms with Crippen LogP contribution in [0.15, 0.2) is 0 Å². The molecular weight excluding hydrogens is 169 g/mol. The summed E-state index contributed by atoms with van der Waals surface area (Å²) in [7, 11) is 0. The first-order valence-electron chi connectivity index (χ1n) is 3.63. The van der Waals surface area contributed by atoms with E-state index in [1.165, 1.54) is 0 Å². The molecule has 0 aromatic heterocycles. The van der Waals surface area contributed by atoms with Crippen molar-refractivity contribution < 1.29 is 13.2 Å². The molecule has 0 saturated carbocycles. The van der Waals surface area contributed by atoms with E-state index in [9.17, 15) is 13.2 Å². The maximum atomic E-state index is 11.6. The van der Waals surface area contributed by atoms with Crippen molar-refractivity contribution in [3.05, 3.63) is 0 Å². The summed E-state index contributed by atoms with van der Waals surface area (Å²) in [6.07, 6.45) is -4.95. The normalized spacial score (nSPS) is 13.9. The van der Waals surface area contributed by atoms with Gasteiger partial charge in [-0.3, -0.25) is 0 Å². The van der Waals surface area contributed by atoms with E-state index >= 15 is 0 Å². The summed E-state index contributed by atoms with van der Waals surface area (Å²) in [4.78, 5) is 0. The van der Waals surface area contributed by atoms with Gasteiger partial charge in [0.2, 0.25) is 0 Å². The summed E-state index contributed by atoms with van der Waals surface area (Å²) in [6.45, 7) is 1.85. The highest BCUT2D eigenvalue weighted by Gasteiger charge is 2.25. The Morgan fingerprint density at radius 1 is 1.50 bits per heavy atom. The van der Waals surface area contributed by atoms with Crippen LogP contribution in [0.4, 0.5) is 13.2 Å². The second-order valence-electron chi connectivity index (χ2n) is 2.60. The topological polar surface area (TPSA) is 35.8 Å². The van der Waals surface area contributed by atoms with Crippen LogP contribution in [-0.4, -0.2) is 19.3 Å². The number of nitrogens with one attached hydrogen (secondary N) is 1. The van der Waals surface area contributed by atoms with Crippen LogP contribution in [0.1, 0.15) is 13.3 Å². The molecule has 0 rings (SSSR count).